The van der Waals surface area contributed by atoms with E-state index in [4.69, 9.17) is 0 Å². The maximum absolute atomic E-state index is 3.53. The summed E-state index contributed by atoms with van der Waals surface area (Å²) in [5.41, 5.74) is 4.07. The van der Waals surface area contributed by atoms with Crippen LogP contribution in [-0.4, -0.2) is 44.2 Å². The minimum atomic E-state index is -1.37. The van der Waals surface area contributed by atoms with Crippen molar-refractivity contribution in [1.82, 2.24) is 9.88 Å². The summed E-state index contributed by atoms with van der Waals surface area (Å²) in [4.78, 5) is 1.59. The lowest BCUT2D eigenvalue weighted by molar-refractivity contribution is 0.352. The van der Waals surface area contributed by atoms with Crippen molar-refractivity contribution in [1.29, 1.82) is 0 Å². The molecule has 1 aliphatic carbocycles. The predicted octanol–water partition coefficient (Wildman–Crippen LogP) is 4.42. The summed E-state index contributed by atoms with van der Waals surface area (Å²) in [5.74, 6) is 0.789. The Morgan fingerprint density at radius 3 is 2.50 bits per heavy atom. The van der Waals surface area contributed by atoms with Crippen molar-refractivity contribution in [2.24, 2.45) is 5.92 Å². The number of allylic oxidation sites excluding steroid dienone is 2. The van der Waals surface area contributed by atoms with Crippen molar-refractivity contribution in [3.05, 3.63) is 40.8 Å². The monoisotopic (exact) mass is 358 g/mol. The number of hydrogen-bond acceptors (Lipinski definition) is 3. The van der Waals surface area contributed by atoms with Crippen LogP contribution >= 0.6 is 11.8 Å². The molecule has 2 nitrogen and oxygen atoms in total. The van der Waals surface area contributed by atoms with Crippen LogP contribution in [0.2, 0.25) is 18.6 Å². The maximum atomic E-state index is 3.53. The quantitative estimate of drug-likeness (QED) is 0.805. The Morgan fingerprint density at radius 1 is 1.08 bits per heavy atom. The predicted molar refractivity (Wildman–Crippen MR) is 109 cm³/mol. The molecule has 0 bridgehead atoms. The zero-order chi connectivity index (χ0) is 16.7. The topological polar surface area (TPSA) is 15.3 Å². The molecule has 1 aromatic carbocycles. The van der Waals surface area contributed by atoms with E-state index >= 15 is 0 Å². The van der Waals surface area contributed by atoms with E-state index < -0.39 is 8.24 Å². The molecule has 1 saturated heterocycles. The number of rotatable bonds is 3. The second kappa shape index (κ2) is 6.64. The lowest BCUT2D eigenvalue weighted by atomic mass is 9.91. The normalized spacial score (nSPS) is 31.5. The molecule has 3 atom stereocenters. The van der Waals surface area contributed by atoms with E-state index in [0.29, 0.717) is 0 Å². The molecule has 4 heteroatoms. The number of nitrogens with zero attached hydrogens (tertiary/aromatic N) is 1. The first-order valence-electron chi connectivity index (χ1n) is 9.47. The standard InChI is InChI=1S/C20H30N2SSi/c1-15-19(16-7-5-4-6-8-16)17-9-10-18(20(17)23-15)24(2,3)22-13-11-21-12-14-22/h4-8,17-18,20-21H,9-14H2,1-3H3. The molecule has 4 rings (SSSR count). The van der Waals surface area contributed by atoms with E-state index in [9.17, 15) is 0 Å². The Bertz CT molecular complexity index is 622. The third-order valence-electron chi connectivity index (χ3n) is 6.57. The molecule has 2 fully saturated rings. The van der Waals surface area contributed by atoms with Gasteiger partial charge in [-0.15, -0.1) is 11.8 Å². The van der Waals surface area contributed by atoms with E-state index in [-0.39, 0.29) is 0 Å². The van der Waals surface area contributed by atoms with Crippen molar-refractivity contribution in [2.75, 3.05) is 26.2 Å². The Morgan fingerprint density at radius 2 is 1.79 bits per heavy atom. The van der Waals surface area contributed by atoms with E-state index in [1.807, 2.05) is 0 Å². The highest BCUT2D eigenvalue weighted by atomic mass is 32.2. The molecule has 0 spiro atoms. The summed E-state index contributed by atoms with van der Waals surface area (Å²) in [7, 11) is -1.37. The van der Waals surface area contributed by atoms with Crippen molar-refractivity contribution < 1.29 is 0 Å². The highest BCUT2D eigenvalue weighted by molar-refractivity contribution is 8.04. The van der Waals surface area contributed by atoms with Crippen molar-refractivity contribution in [3.63, 3.8) is 0 Å². The largest absolute Gasteiger partial charge is 0.321 e. The van der Waals surface area contributed by atoms with Crippen molar-refractivity contribution in [3.8, 4) is 0 Å². The summed E-state index contributed by atoms with van der Waals surface area (Å²) in [5, 5.41) is 4.36. The molecule has 3 unspecified atom stereocenters. The van der Waals surface area contributed by atoms with E-state index in [0.717, 1.165) is 16.7 Å². The van der Waals surface area contributed by atoms with Gasteiger partial charge >= 0.3 is 0 Å². The fourth-order valence-corrected chi connectivity index (χ4v) is 11.7. The van der Waals surface area contributed by atoms with Gasteiger partial charge in [0.15, 0.2) is 0 Å². The molecule has 2 aliphatic heterocycles. The van der Waals surface area contributed by atoms with Gasteiger partial charge in [0, 0.05) is 31.4 Å². The van der Waals surface area contributed by atoms with Gasteiger partial charge in [-0.25, -0.2) is 0 Å². The van der Waals surface area contributed by atoms with Crippen LogP contribution in [0.15, 0.2) is 35.2 Å². The molecule has 1 aromatic rings. The number of benzene rings is 1. The second-order valence-corrected chi connectivity index (χ2v) is 14.2. The lowest BCUT2D eigenvalue weighted by Crippen LogP contribution is -2.59. The molecular weight excluding hydrogens is 328 g/mol. The van der Waals surface area contributed by atoms with Crippen molar-refractivity contribution >= 4 is 25.6 Å². The minimum absolute atomic E-state index is 0.789. The zero-order valence-electron chi connectivity index (χ0n) is 15.2. The molecule has 24 heavy (non-hydrogen) atoms. The number of nitrogens with one attached hydrogen (secondary N) is 1. The summed E-state index contributed by atoms with van der Waals surface area (Å²) >= 11 is 2.21. The zero-order valence-corrected chi connectivity index (χ0v) is 17.0. The van der Waals surface area contributed by atoms with Crippen LogP contribution < -0.4 is 5.32 Å². The second-order valence-electron chi connectivity index (χ2n) is 8.10. The minimum Gasteiger partial charge on any atom is -0.321 e. The first-order chi connectivity index (χ1) is 11.6. The van der Waals surface area contributed by atoms with Crippen LogP contribution in [0.5, 0.6) is 0 Å². The van der Waals surface area contributed by atoms with E-state index in [1.54, 1.807) is 10.5 Å². The van der Waals surface area contributed by atoms with Crippen LogP contribution in [0.25, 0.3) is 5.57 Å². The number of piperazine rings is 1. The molecule has 0 radical (unpaired) electrons. The molecule has 0 amide bonds. The van der Waals surface area contributed by atoms with Gasteiger partial charge in [0.2, 0.25) is 0 Å². The molecule has 130 valence electrons. The van der Waals surface area contributed by atoms with Crippen LogP contribution in [0.4, 0.5) is 0 Å². The Kier molecular flexibility index (Phi) is 4.67. The average Bonchev–Trinajstić information content (AvgIpc) is 3.14. The lowest BCUT2D eigenvalue weighted by Gasteiger charge is -2.45. The Hall–Kier alpha value is -0.553. The molecule has 1 N–H and O–H groups in total. The van der Waals surface area contributed by atoms with Gasteiger partial charge in [0.25, 0.3) is 0 Å². The van der Waals surface area contributed by atoms with Gasteiger partial charge in [-0.1, -0.05) is 43.4 Å². The smallest absolute Gasteiger partial charge is 0.126 e. The number of fused-ring (bicyclic) bond motifs is 1. The van der Waals surface area contributed by atoms with Crippen molar-refractivity contribution in [2.45, 2.75) is 43.7 Å². The van der Waals surface area contributed by atoms with Crippen LogP contribution in [0, 0.1) is 5.92 Å². The fraction of sp³-hybridized carbons (Fsp3) is 0.600. The molecular formula is C20H30N2SSi. The van der Waals surface area contributed by atoms with Crippen LogP contribution in [-0.2, 0) is 0 Å². The first-order valence-corrected chi connectivity index (χ1v) is 13.4. The van der Waals surface area contributed by atoms with E-state index in [2.05, 4.69) is 72.0 Å². The molecule has 1 saturated carbocycles. The summed E-state index contributed by atoms with van der Waals surface area (Å²) in [6, 6.07) is 11.2. The third-order valence-corrected chi connectivity index (χ3v) is 12.9. The van der Waals surface area contributed by atoms with Gasteiger partial charge in [-0.05, 0) is 47.3 Å². The van der Waals surface area contributed by atoms with Gasteiger partial charge in [0.05, 0.1) is 0 Å². The molecule has 3 aliphatic rings. The summed E-state index contributed by atoms with van der Waals surface area (Å²) < 4.78 is 2.88. The maximum Gasteiger partial charge on any atom is 0.126 e. The molecule has 2 heterocycles. The van der Waals surface area contributed by atoms with Crippen LogP contribution in [0.1, 0.15) is 25.3 Å². The Labute approximate surface area is 152 Å². The Balaban J connectivity index is 1.57. The van der Waals surface area contributed by atoms with E-state index in [1.165, 1.54) is 44.6 Å². The highest BCUT2D eigenvalue weighted by Gasteiger charge is 2.52. The fourth-order valence-electron chi connectivity index (χ4n) is 5.24. The first kappa shape index (κ1) is 16.9. The summed E-state index contributed by atoms with van der Waals surface area (Å²) in [6.07, 6.45) is 2.83. The van der Waals surface area contributed by atoms with Crippen LogP contribution in [0.3, 0.4) is 0 Å². The highest BCUT2D eigenvalue weighted by Crippen LogP contribution is 2.60. The number of thioether (sulfide) groups is 1. The summed E-state index contributed by atoms with van der Waals surface area (Å²) in [6.45, 7) is 12.5. The number of hydrogen-bond donors (Lipinski definition) is 1. The third kappa shape index (κ3) is 2.81. The van der Waals surface area contributed by atoms with Gasteiger partial charge in [-0.3, -0.25) is 0 Å². The SMILES string of the molecule is CC1=C(c2ccccc2)C2CCC([Si](C)(C)N3CCNCC3)C2S1. The molecule has 0 aromatic heterocycles. The van der Waals surface area contributed by atoms with Gasteiger partial charge in [-0.2, -0.15) is 0 Å². The van der Waals surface area contributed by atoms with Gasteiger partial charge in [0.1, 0.15) is 8.24 Å². The van der Waals surface area contributed by atoms with Gasteiger partial charge < -0.3 is 9.88 Å². The average molecular weight is 359 g/mol.